The van der Waals surface area contributed by atoms with Gasteiger partial charge in [-0.2, -0.15) is 0 Å². The molecule has 3 heteroatoms. The lowest BCUT2D eigenvalue weighted by atomic mass is 10.1. The predicted molar refractivity (Wildman–Crippen MR) is 79.9 cm³/mol. The highest BCUT2D eigenvalue weighted by Gasteiger charge is 2.20. The number of hydrogen-bond acceptors (Lipinski definition) is 3. The van der Waals surface area contributed by atoms with Gasteiger partial charge in [0.15, 0.2) is 0 Å². The summed E-state index contributed by atoms with van der Waals surface area (Å²) in [6.07, 6.45) is 0.898. The molecule has 0 spiro atoms. The van der Waals surface area contributed by atoms with Crippen LogP contribution in [0.1, 0.15) is 35.8 Å². The van der Waals surface area contributed by atoms with Gasteiger partial charge in [-0.15, -0.1) is 0 Å². The Labute approximate surface area is 118 Å². The second kappa shape index (κ2) is 5.17. The van der Waals surface area contributed by atoms with Crippen LogP contribution >= 0.6 is 0 Å². The third-order valence-electron chi connectivity index (χ3n) is 3.65. The van der Waals surface area contributed by atoms with Gasteiger partial charge in [0.1, 0.15) is 28.9 Å². The van der Waals surface area contributed by atoms with Crippen LogP contribution in [-0.4, -0.2) is 7.05 Å². The van der Waals surface area contributed by atoms with Crippen molar-refractivity contribution in [3.05, 3.63) is 59.2 Å². The predicted octanol–water partition coefficient (Wildman–Crippen LogP) is 4.21. The van der Waals surface area contributed by atoms with Crippen molar-refractivity contribution in [1.29, 1.82) is 0 Å². The molecule has 1 aromatic carbocycles. The van der Waals surface area contributed by atoms with Gasteiger partial charge in [-0.25, -0.2) is 0 Å². The van der Waals surface area contributed by atoms with Crippen molar-refractivity contribution in [3.8, 4) is 0 Å². The molecule has 0 radical (unpaired) electrons. The first-order valence-electron chi connectivity index (χ1n) is 6.98. The molecule has 2 heterocycles. The summed E-state index contributed by atoms with van der Waals surface area (Å²) in [6.45, 7) is 4.15. The van der Waals surface area contributed by atoms with E-state index in [1.807, 2.05) is 25.2 Å². The summed E-state index contributed by atoms with van der Waals surface area (Å²) in [5.41, 5.74) is 2.10. The van der Waals surface area contributed by atoms with E-state index in [1.165, 1.54) is 0 Å². The summed E-state index contributed by atoms with van der Waals surface area (Å²) < 4.78 is 11.9. The Balaban J connectivity index is 2.04. The molecule has 1 unspecified atom stereocenters. The standard InChI is InChI=1S/C17H19NO2/c1-4-13-8-9-14(19-13)16(18-3)15-10-12-7-5-6-11(2)17(12)20-15/h5-10,16,18H,4H2,1-3H3. The second-order valence-electron chi connectivity index (χ2n) is 5.02. The van der Waals surface area contributed by atoms with E-state index in [0.29, 0.717) is 0 Å². The molecule has 3 rings (SSSR count). The minimum absolute atomic E-state index is 0.0536. The van der Waals surface area contributed by atoms with Crippen molar-refractivity contribution in [1.82, 2.24) is 5.32 Å². The van der Waals surface area contributed by atoms with Crippen molar-refractivity contribution in [2.45, 2.75) is 26.3 Å². The largest absolute Gasteiger partial charge is 0.464 e. The van der Waals surface area contributed by atoms with Crippen LogP contribution < -0.4 is 5.32 Å². The van der Waals surface area contributed by atoms with E-state index in [0.717, 1.165) is 40.2 Å². The minimum atomic E-state index is -0.0536. The van der Waals surface area contributed by atoms with Gasteiger partial charge >= 0.3 is 0 Å². The third kappa shape index (κ3) is 2.14. The van der Waals surface area contributed by atoms with Crippen LogP contribution in [0.25, 0.3) is 11.0 Å². The Morgan fingerprint density at radius 2 is 1.95 bits per heavy atom. The molecule has 1 atom stereocenters. The van der Waals surface area contributed by atoms with E-state index in [9.17, 15) is 0 Å². The molecular formula is C17H19NO2. The van der Waals surface area contributed by atoms with Crippen molar-refractivity contribution in [3.63, 3.8) is 0 Å². The van der Waals surface area contributed by atoms with Gasteiger partial charge in [-0.3, -0.25) is 0 Å². The molecule has 0 fully saturated rings. The summed E-state index contributed by atoms with van der Waals surface area (Å²) in [5, 5.41) is 4.39. The van der Waals surface area contributed by atoms with Gasteiger partial charge < -0.3 is 14.2 Å². The number of nitrogens with one attached hydrogen (secondary N) is 1. The van der Waals surface area contributed by atoms with Crippen LogP contribution in [0, 0.1) is 6.92 Å². The van der Waals surface area contributed by atoms with E-state index >= 15 is 0 Å². The summed E-state index contributed by atoms with van der Waals surface area (Å²) >= 11 is 0. The van der Waals surface area contributed by atoms with Crippen LogP contribution in [0.5, 0.6) is 0 Å². The van der Waals surface area contributed by atoms with Crippen LogP contribution in [-0.2, 0) is 6.42 Å². The zero-order valence-electron chi connectivity index (χ0n) is 12.1. The molecule has 0 saturated carbocycles. The maximum atomic E-state index is 6.03. The van der Waals surface area contributed by atoms with E-state index in [1.54, 1.807) is 0 Å². The average Bonchev–Trinajstić information content (AvgIpc) is 3.07. The number of benzene rings is 1. The number of hydrogen-bond donors (Lipinski definition) is 1. The average molecular weight is 269 g/mol. The van der Waals surface area contributed by atoms with Crippen LogP contribution in [0.15, 0.2) is 45.2 Å². The highest BCUT2D eigenvalue weighted by molar-refractivity contribution is 5.81. The zero-order chi connectivity index (χ0) is 14.1. The number of fused-ring (bicyclic) bond motifs is 1. The molecule has 0 aliphatic rings. The van der Waals surface area contributed by atoms with Crippen LogP contribution in [0.4, 0.5) is 0 Å². The van der Waals surface area contributed by atoms with Crippen molar-refractivity contribution >= 4 is 11.0 Å². The Kier molecular flexibility index (Phi) is 3.36. The molecule has 3 aromatic rings. The maximum absolute atomic E-state index is 6.03. The fourth-order valence-electron chi connectivity index (χ4n) is 2.54. The molecule has 104 valence electrons. The summed E-state index contributed by atoms with van der Waals surface area (Å²) in [6, 6.07) is 12.2. The lowest BCUT2D eigenvalue weighted by molar-refractivity contribution is 0.398. The fourth-order valence-corrected chi connectivity index (χ4v) is 2.54. The number of furan rings is 2. The first kappa shape index (κ1) is 13.0. The molecule has 0 aliphatic carbocycles. The summed E-state index contributed by atoms with van der Waals surface area (Å²) in [7, 11) is 1.92. The number of aryl methyl sites for hydroxylation is 2. The molecule has 2 aromatic heterocycles. The normalized spacial score (nSPS) is 12.9. The van der Waals surface area contributed by atoms with E-state index < -0.39 is 0 Å². The molecule has 0 amide bonds. The topological polar surface area (TPSA) is 38.3 Å². The summed E-state index contributed by atoms with van der Waals surface area (Å²) in [4.78, 5) is 0. The van der Waals surface area contributed by atoms with Gasteiger partial charge in [-0.1, -0.05) is 25.1 Å². The minimum Gasteiger partial charge on any atom is -0.464 e. The molecule has 1 N–H and O–H groups in total. The Morgan fingerprint density at radius 3 is 2.60 bits per heavy atom. The number of rotatable bonds is 4. The van der Waals surface area contributed by atoms with Gasteiger partial charge in [-0.05, 0) is 37.7 Å². The number of para-hydroxylation sites is 1. The Bertz CT molecular complexity index is 724. The SMILES string of the molecule is CCc1ccc(C(NC)c2cc3cccc(C)c3o2)o1. The van der Waals surface area contributed by atoms with Gasteiger partial charge in [0.25, 0.3) is 0 Å². The molecule has 0 aliphatic heterocycles. The zero-order valence-corrected chi connectivity index (χ0v) is 12.1. The quantitative estimate of drug-likeness (QED) is 0.771. The van der Waals surface area contributed by atoms with E-state index in [-0.39, 0.29) is 6.04 Å². The highest BCUT2D eigenvalue weighted by atomic mass is 16.4. The first-order chi connectivity index (χ1) is 9.72. The van der Waals surface area contributed by atoms with E-state index in [4.69, 9.17) is 8.83 Å². The van der Waals surface area contributed by atoms with Crippen LogP contribution in [0.2, 0.25) is 0 Å². The van der Waals surface area contributed by atoms with Crippen LogP contribution in [0.3, 0.4) is 0 Å². The van der Waals surface area contributed by atoms with Gasteiger partial charge in [0.2, 0.25) is 0 Å². The van der Waals surface area contributed by atoms with E-state index in [2.05, 4.69) is 37.4 Å². The summed E-state index contributed by atoms with van der Waals surface area (Å²) in [5.74, 6) is 2.77. The van der Waals surface area contributed by atoms with Gasteiger partial charge in [0.05, 0.1) is 0 Å². The monoisotopic (exact) mass is 269 g/mol. The molecule has 3 nitrogen and oxygen atoms in total. The first-order valence-corrected chi connectivity index (χ1v) is 6.98. The lowest BCUT2D eigenvalue weighted by Crippen LogP contribution is -2.16. The second-order valence-corrected chi connectivity index (χ2v) is 5.02. The van der Waals surface area contributed by atoms with Crippen molar-refractivity contribution in [2.75, 3.05) is 7.05 Å². The Hall–Kier alpha value is -2.00. The molecule has 20 heavy (non-hydrogen) atoms. The third-order valence-corrected chi connectivity index (χ3v) is 3.65. The Morgan fingerprint density at radius 1 is 1.10 bits per heavy atom. The molecular weight excluding hydrogens is 250 g/mol. The van der Waals surface area contributed by atoms with Crippen molar-refractivity contribution < 1.29 is 8.83 Å². The highest BCUT2D eigenvalue weighted by Crippen LogP contribution is 2.30. The van der Waals surface area contributed by atoms with Gasteiger partial charge in [0, 0.05) is 11.8 Å². The fraction of sp³-hybridized carbons (Fsp3) is 0.294. The maximum Gasteiger partial charge on any atom is 0.137 e. The van der Waals surface area contributed by atoms with Crippen molar-refractivity contribution in [2.24, 2.45) is 0 Å². The lowest BCUT2D eigenvalue weighted by Gasteiger charge is -2.10. The molecule has 0 bridgehead atoms. The smallest absolute Gasteiger partial charge is 0.137 e. The molecule has 0 saturated heterocycles.